The van der Waals surface area contributed by atoms with E-state index in [9.17, 15) is 21.0 Å². The van der Waals surface area contributed by atoms with Gasteiger partial charge in [-0.05, 0) is 150 Å². The van der Waals surface area contributed by atoms with E-state index in [1.165, 1.54) is 12.7 Å². The molecule has 0 aliphatic rings. The van der Waals surface area contributed by atoms with Crippen LogP contribution in [0, 0.1) is 78.5 Å². The Hall–Kier alpha value is -8.44. The van der Waals surface area contributed by atoms with Crippen LogP contribution in [0.25, 0.3) is 19.4 Å². The molecule has 6 rings (SSSR count). The molecule has 0 atom stereocenters. The summed E-state index contributed by atoms with van der Waals surface area (Å²) in [7, 11) is 0. The lowest BCUT2D eigenvalue weighted by Crippen LogP contribution is -2.19. The highest BCUT2D eigenvalue weighted by molar-refractivity contribution is 9.08. The molecule has 0 unspecified atom stereocenters. The van der Waals surface area contributed by atoms with E-state index in [2.05, 4.69) is 79.8 Å². The first kappa shape index (κ1) is 64.8. The van der Waals surface area contributed by atoms with Crippen molar-refractivity contribution in [2.75, 3.05) is 0 Å². The number of aromatic nitrogens is 6. The van der Waals surface area contributed by atoms with Crippen molar-refractivity contribution in [3.63, 3.8) is 0 Å². The third-order valence-corrected chi connectivity index (χ3v) is 14.4. The largest absolute Gasteiger partial charge is 0.306 e. The summed E-state index contributed by atoms with van der Waals surface area (Å²) >= 11 is 3.44. The highest BCUT2D eigenvalue weighted by Gasteiger charge is 2.33. The van der Waals surface area contributed by atoms with Gasteiger partial charge in [-0.3, -0.25) is 0 Å². The molecule has 15 heteroatoms. The zero-order chi connectivity index (χ0) is 60.0. The van der Waals surface area contributed by atoms with Crippen LogP contribution in [0.5, 0.6) is 0 Å². The van der Waals surface area contributed by atoms with E-state index in [1.807, 2.05) is 190 Å². The van der Waals surface area contributed by atoms with Crippen LogP contribution in [-0.2, 0) is 62.2 Å². The molecule has 0 spiro atoms. The number of halogens is 1. The number of hydrogen-bond donors (Lipinski definition) is 0. The summed E-state index contributed by atoms with van der Waals surface area (Å²) in [6.45, 7) is 62.8. The molecule has 0 aliphatic carbocycles. The Morgan fingerprint density at radius 3 is 0.899 bits per heavy atom. The second-order valence-corrected chi connectivity index (χ2v) is 24.4. The molecule has 14 nitrogen and oxygen atoms in total. The van der Waals surface area contributed by atoms with E-state index in [4.69, 9.17) is 26.3 Å². The van der Waals surface area contributed by atoms with Gasteiger partial charge >= 0.3 is 0 Å². The molecule has 0 bridgehead atoms. The zero-order valence-corrected chi connectivity index (χ0v) is 50.6. The summed E-state index contributed by atoms with van der Waals surface area (Å²) in [6, 6.07) is 33.3. The number of alkyl halides is 1. The van der Waals surface area contributed by atoms with Crippen LogP contribution in [-0.4, -0.2) is 29.5 Å². The van der Waals surface area contributed by atoms with Gasteiger partial charge in [0.15, 0.2) is 0 Å². The Bertz CT molecular complexity index is 3130. The SMILES string of the molecule is [C-]#[N+]C(C)(C)c1cc(C)cc(C(C)(C)C#N)c1.[C-]#[N+]C(C)(C)c1cc(CBr)cc(C(C)(C)C#N)c1.[C-]#[N+]C(C)(C)c1cc(Cn2cncn2)cc(C(C)(C)C#N)c1.[C-]#[N+]C(C)(C)c1cc(Cn2cncn2)cc(C(C)(C)C#N)c1. The summed E-state index contributed by atoms with van der Waals surface area (Å²) in [5.41, 5.74) is 7.16. The number of hydrogen-bond acceptors (Lipinski definition) is 8. The molecule has 4 aromatic carbocycles. The first-order valence-electron chi connectivity index (χ1n) is 25.5. The number of nitriles is 4. The van der Waals surface area contributed by atoms with Crippen molar-refractivity contribution >= 4 is 15.9 Å². The molecular formula is C64H73BrN14. The molecule has 0 radical (unpaired) electrons. The van der Waals surface area contributed by atoms with E-state index in [-0.39, 0.29) is 0 Å². The van der Waals surface area contributed by atoms with Crippen molar-refractivity contribution in [3.8, 4) is 24.3 Å². The topological polar surface area (TPSA) is 174 Å². The van der Waals surface area contributed by atoms with Crippen LogP contribution < -0.4 is 0 Å². The van der Waals surface area contributed by atoms with E-state index in [0.717, 1.165) is 72.1 Å². The fourth-order valence-corrected chi connectivity index (χ4v) is 7.82. The molecule has 2 heterocycles. The van der Waals surface area contributed by atoms with E-state index in [1.54, 1.807) is 22.0 Å². The van der Waals surface area contributed by atoms with Crippen molar-refractivity contribution in [2.45, 2.75) is 180 Å². The van der Waals surface area contributed by atoms with Gasteiger partial charge in [-0.15, -0.1) is 0 Å². The highest BCUT2D eigenvalue weighted by atomic mass is 79.9. The van der Waals surface area contributed by atoms with Gasteiger partial charge in [0.05, 0.1) is 59.0 Å². The van der Waals surface area contributed by atoms with Gasteiger partial charge in [0.1, 0.15) is 25.3 Å². The molecule has 2 aromatic heterocycles. The van der Waals surface area contributed by atoms with Crippen LogP contribution in [0.1, 0.15) is 178 Å². The van der Waals surface area contributed by atoms with Crippen LogP contribution >= 0.6 is 15.9 Å². The van der Waals surface area contributed by atoms with Crippen LogP contribution in [0.15, 0.2) is 98.1 Å². The molecule has 79 heavy (non-hydrogen) atoms. The minimum Gasteiger partial charge on any atom is -0.306 e. The quantitative estimate of drug-likeness (QED) is 0.0811. The standard InChI is InChI=1S/2C17H19N5.C15H17BrN2.C15H18N2/c2*1-16(2,10-18)14-6-13(9-22-12-20-11-21-22)7-15(8-14)17(3,4)19-5;1-14(2,10-17)12-6-11(9-16)7-13(8-12)15(3,4)18-5;1-11-7-12(14(2,3)10-16)9-13(8-11)15(4,5)17-6/h2*6-8,11-12H,9H2,1-4H3;6-8H,9H2,1-4H3;7-9H,1-5H3. The Balaban J connectivity index is 0.000000279. The lowest BCUT2D eigenvalue weighted by Gasteiger charge is -2.21. The molecule has 0 saturated carbocycles. The third-order valence-electron chi connectivity index (χ3n) is 13.8. The molecular weight excluding hydrogens is 1040 g/mol. The van der Waals surface area contributed by atoms with Crippen LogP contribution in [0.2, 0.25) is 0 Å². The maximum atomic E-state index is 9.41. The van der Waals surface area contributed by atoms with Gasteiger partial charge in [-0.1, -0.05) is 45.8 Å². The average molecular weight is 1120 g/mol. The lowest BCUT2D eigenvalue weighted by atomic mass is 9.81. The number of nitrogens with zero attached hydrogens (tertiary/aromatic N) is 14. The highest BCUT2D eigenvalue weighted by Crippen LogP contribution is 2.36. The fraction of sp³-hybridized carbons (Fsp3) is 0.438. The molecule has 6 aromatic rings. The normalized spacial score (nSPS) is 11.7. The van der Waals surface area contributed by atoms with Crippen molar-refractivity contribution in [1.82, 2.24) is 29.5 Å². The first-order chi connectivity index (χ1) is 36.6. The molecule has 0 fully saturated rings. The number of benzene rings is 4. The number of rotatable bonds is 13. The fourth-order valence-electron chi connectivity index (χ4n) is 7.49. The maximum Gasteiger partial charge on any atom is 0.252 e. The molecule has 0 N–H and O–H groups in total. The van der Waals surface area contributed by atoms with Crippen molar-refractivity contribution in [1.29, 1.82) is 21.0 Å². The van der Waals surface area contributed by atoms with E-state index < -0.39 is 43.8 Å². The van der Waals surface area contributed by atoms with Gasteiger partial charge in [0.2, 0.25) is 0 Å². The van der Waals surface area contributed by atoms with Gasteiger partial charge in [0.25, 0.3) is 22.2 Å². The van der Waals surface area contributed by atoms with E-state index >= 15 is 0 Å². The van der Waals surface area contributed by atoms with Crippen molar-refractivity contribution in [2.24, 2.45) is 0 Å². The molecule has 406 valence electrons. The third kappa shape index (κ3) is 17.3. The molecule has 0 saturated heterocycles. The lowest BCUT2D eigenvalue weighted by molar-refractivity contribution is 0.636. The summed E-state index contributed by atoms with van der Waals surface area (Å²) in [5.74, 6) is 0. The summed E-state index contributed by atoms with van der Waals surface area (Å²) < 4.78 is 3.46. The van der Waals surface area contributed by atoms with Crippen molar-refractivity contribution in [3.05, 3.63) is 211 Å². The smallest absolute Gasteiger partial charge is 0.252 e. The Kier molecular flexibility index (Phi) is 21.2. The Morgan fingerprint density at radius 1 is 0.405 bits per heavy atom. The summed E-state index contributed by atoms with van der Waals surface area (Å²) in [5, 5.41) is 46.2. The van der Waals surface area contributed by atoms with Gasteiger partial charge in [-0.25, -0.2) is 45.6 Å². The predicted molar refractivity (Wildman–Crippen MR) is 314 cm³/mol. The summed E-state index contributed by atoms with van der Waals surface area (Å²) in [6.07, 6.45) is 6.30. The van der Waals surface area contributed by atoms with Crippen LogP contribution in [0.3, 0.4) is 0 Å². The molecule has 0 aliphatic heterocycles. The Labute approximate surface area is 478 Å². The zero-order valence-electron chi connectivity index (χ0n) is 49.0. The average Bonchev–Trinajstić information content (AvgIpc) is 4.16. The van der Waals surface area contributed by atoms with Gasteiger partial charge < -0.3 is 19.4 Å². The second-order valence-electron chi connectivity index (χ2n) is 23.8. The molecule has 0 amide bonds. The van der Waals surface area contributed by atoms with Crippen LogP contribution in [0.4, 0.5) is 0 Å². The Morgan fingerprint density at radius 2 is 0.646 bits per heavy atom. The van der Waals surface area contributed by atoms with Gasteiger partial charge in [0, 0.05) is 83.0 Å². The number of aryl methyl sites for hydroxylation is 1. The maximum absolute atomic E-state index is 9.41. The minimum atomic E-state index is -0.626. The van der Waals surface area contributed by atoms with Gasteiger partial charge in [-0.2, -0.15) is 31.2 Å². The minimum absolute atomic E-state index is 0.515. The predicted octanol–water partition coefficient (Wildman–Crippen LogP) is 15.1. The second kappa shape index (κ2) is 25.8. The monoisotopic (exact) mass is 1120 g/mol. The first-order valence-corrected chi connectivity index (χ1v) is 26.7. The summed E-state index contributed by atoms with van der Waals surface area (Å²) in [4.78, 5) is 22.6. The van der Waals surface area contributed by atoms with Crippen molar-refractivity contribution < 1.29 is 0 Å². The van der Waals surface area contributed by atoms with E-state index in [0.29, 0.717) is 13.1 Å².